The van der Waals surface area contributed by atoms with Crippen molar-refractivity contribution in [3.8, 4) is 5.75 Å². The lowest BCUT2D eigenvalue weighted by atomic mass is 10.0. The van der Waals surface area contributed by atoms with Crippen LogP contribution >= 0.6 is 23.2 Å². The van der Waals surface area contributed by atoms with Crippen LogP contribution in [0.3, 0.4) is 0 Å². The average molecular weight is 251 g/mol. The van der Waals surface area contributed by atoms with E-state index in [0.717, 1.165) is 22.1 Å². The first-order valence-electron chi connectivity index (χ1n) is 4.93. The van der Waals surface area contributed by atoms with Gasteiger partial charge in [0, 0.05) is 10.8 Å². The summed E-state index contributed by atoms with van der Waals surface area (Å²) in [5.41, 5.74) is 1.10. The van der Waals surface area contributed by atoms with Gasteiger partial charge in [0.1, 0.15) is 5.76 Å². The standard InChI is InChI=1S/C13H8Cl2O/c1-7-5-8-3-2-4-9-10(14)6-11(15)13(16-7)12(8)9/h2-6H,1H3. The number of benzene rings is 2. The van der Waals surface area contributed by atoms with E-state index in [1.165, 1.54) is 0 Å². The van der Waals surface area contributed by atoms with Gasteiger partial charge in [-0.2, -0.15) is 0 Å². The van der Waals surface area contributed by atoms with Gasteiger partial charge >= 0.3 is 0 Å². The van der Waals surface area contributed by atoms with Gasteiger partial charge in [-0.25, -0.2) is 0 Å². The molecule has 0 atom stereocenters. The summed E-state index contributed by atoms with van der Waals surface area (Å²) >= 11 is 12.3. The number of hydrogen-bond acceptors (Lipinski definition) is 1. The van der Waals surface area contributed by atoms with Crippen molar-refractivity contribution < 1.29 is 4.74 Å². The van der Waals surface area contributed by atoms with Crippen LogP contribution in [0, 0.1) is 0 Å². The molecule has 0 aliphatic carbocycles. The Morgan fingerprint density at radius 2 is 1.94 bits per heavy atom. The van der Waals surface area contributed by atoms with E-state index in [4.69, 9.17) is 27.9 Å². The first kappa shape index (κ1) is 10.0. The summed E-state index contributed by atoms with van der Waals surface area (Å²) in [5.74, 6) is 1.54. The molecule has 1 heterocycles. The monoisotopic (exact) mass is 250 g/mol. The Morgan fingerprint density at radius 3 is 2.75 bits per heavy atom. The molecule has 0 aromatic heterocycles. The minimum atomic E-state index is 0.553. The van der Waals surface area contributed by atoms with Crippen molar-refractivity contribution >= 4 is 40.1 Å². The quantitative estimate of drug-likeness (QED) is 0.647. The largest absolute Gasteiger partial charge is 0.460 e. The van der Waals surface area contributed by atoms with Crippen LogP contribution in [0.4, 0.5) is 0 Å². The SMILES string of the molecule is CC1=Cc2cccc3c(Cl)cc(Cl)c(c23)O1. The predicted octanol–water partition coefficient (Wildman–Crippen LogP) is 4.90. The highest BCUT2D eigenvalue weighted by Crippen LogP contribution is 2.43. The van der Waals surface area contributed by atoms with E-state index in [-0.39, 0.29) is 0 Å². The molecule has 80 valence electrons. The van der Waals surface area contributed by atoms with E-state index in [0.29, 0.717) is 15.8 Å². The van der Waals surface area contributed by atoms with Crippen LogP contribution in [0.5, 0.6) is 5.75 Å². The molecular formula is C13H8Cl2O. The first-order valence-corrected chi connectivity index (χ1v) is 5.69. The van der Waals surface area contributed by atoms with Crippen molar-refractivity contribution in [1.29, 1.82) is 0 Å². The fourth-order valence-electron chi connectivity index (χ4n) is 2.03. The average Bonchev–Trinajstić information content (AvgIpc) is 2.25. The van der Waals surface area contributed by atoms with Gasteiger partial charge in [0.2, 0.25) is 0 Å². The molecule has 1 aliphatic rings. The van der Waals surface area contributed by atoms with Crippen molar-refractivity contribution in [2.45, 2.75) is 6.92 Å². The lowest BCUT2D eigenvalue weighted by Gasteiger charge is -2.18. The predicted molar refractivity (Wildman–Crippen MR) is 68.2 cm³/mol. The zero-order valence-corrected chi connectivity index (χ0v) is 10.1. The van der Waals surface area contributed by atoms with Crippen LogP contribution < -0.4 is 4.74 Å². The molecule has 0 amide bonds. The lowest BCUT2D eigenvalue weighted by molar-refractivity contribution is 0.435. The maximum atomic E-state index is 6.16. The Bertz CT molecular complexity index is 629. The zero-order valence-electron chi connectivity index (χ0n) is 8.55. The van der Waals surface area contributed by atoms with Gasteiger partial charge in [0.25, 0.3) is 0 Å². The van der Waals surface area contributed by atoms with Crippen LogP contribution in [0.1, 0.15) is 12.5 Å². The normalized spacial score (nSPS) is 13.6. The second-order valence-electron chi connectivity index (χ2n) is 3.80. The van der Waals surface area contributed by atoms with Gasteiger partial charge in [-0.1, -0.05) is 41.4 Å². The molecule has 1 nitrogen and oxygen atoms in total. The van der Waals surface area contributed by atoms with Crippen molar-refractivity contribution in [2.24, 2.45) is 0 Å². The molecule has 0 N–H and O–H groups in total. The number of hydrogen-bond donors (Lipinski definition) is 0. The third kappa shape index (κ3) is 1.32. The first-order chi connectivity index (χ1) is 7.66. The van der Waals surface area contributed by atoms with E-state index in [9.17, 15) is 0 Å². The maximum Gasteiger partial charge on any atom is 0.154 e. The molecule has 2 aromatic rings. The van der Waals surface area contributed by atoms with Crippen molar-refractivity contribution in [1.82, 2.24) is 0 Å². The molecule has 0 saturated carbocycles. The summed E-state index contributed by atoms with van der Waals surface area (Å²) in [6.45, 7) is 1.91. The molecule has 0 bridgehead atoms. The summed E-state index contributed by atoms with van der Waals surface area (Å²) in [5, 5.41) is 3.17. The van der Waals surface area contributed by atoms with Gasteiger partial charge in [0.05, 0.1) is 10.0 Å². The molecule has 0 radical (unpaired) electrons. The van der Waals surface area contributed by atoms with Crippen LogP contribution in [-0.2, 0) is 0 Å². The fraction of sp³-hybridized carbons (Fsp3) is 0.0769. The van der Waals surface area contributed by atoms with E-state index in [2.05, 4.69) is 0 Å². The van der Waals surface area contributed by atoms with E-state index >= 15 is 0 Å². The Labute approximate surface area is 103 Å². The summed E-state index contributed by atoms with van der Waals surface area (Å²) in [7, 11) is 0. The Balaban J connectivity index is 2.54. The van der Waals surface area contributed by atoms with Crippen molar-refractivity contribution in [3.63, 3.8) is 0 Å². The summed E-state index contributed by atoms with van der Waals surface area (Å²) < 4.78 is 5.66. The minimum Gasteiger partial charge on any atom is -0.460 e. The van der Waals surface area contributed by atoms with E-state index in [1.54, 1.807) is 6.07 Å². The Morgan fingerprint density at radius 1 is 1.12 bits per heavy atom. The smallest absolute Gasteiger partial charge is 0.154 e. The lowest BCUT2D eigenvalue weighted by Crippen LogP contribution is -1.99. The zero-order chi connectivity index (χ0) is 11.3. The third-order valence-corrected chi connectivity index (χ3v) is 3.27. The van der Waals surface area contributed by atoms with Crippen molar-refractivity contribution in [3.05, 3.63) is 45.6 Å². The van der Waals surface area contributed by atoms with Crippen molar-refractivity contribution in [2.75, 3.05) is 0 Å². The number of ether oxygens (including phenoxy) is 1. The molecule has 0 saturated heterocycles. The Kier molecular flexibility index (Phi) is 2.13. The second-order valence-corrected chi connectivity index (χ2v) is 4.61. The molecule has 16 heavy (non-hydrogen) atoms. The number of rotatable bonds is 0. The number of allylic oxidation sites excluding steroid dienone is 1. The fourth-order valence-corrected chi connectivity index (χ4v) is 2.59. The van der Waals surface area contributed by atoms with Crippen LogP contribution in [0.2, 0.25) is 10.0 Å². The molecule has 1 aliphatic heterocycles. The van der Waals surface area contributed by atoms with Gasteiger partial charge in [-0.05, 0) is 24.6 Å². The molecule has 0 unspecified atom stereocenters. The van der Waals surface area contributed by atoms with Gasteiger partial charge in [-0.15, -0.1) is 0 Å². The highest BCUT2D eigenvalue weighted by Gasteiger charge is 2.17. The third-order valence-electron chi connectivity index (χ3n) is 2.67. The summed E-state index contributed by atoms with van der Waals surface area (Å²) in [6, 6.07) is 7.71. The van der Waals surface area contributed by atoms with Crippen LogP contribution in [-0.4, -0.2) is 0 Å². The van der Waals surface area contributed by atoms with Gasteiger partial charge in [0.15, 0.2) is 5.75 Å². The minimum absolute atomic E-state index is 0.553. The molecule has 3 rings (SSSR count). The molecule has 0 fully saturated rings. The van der Waals surface area contributed by atoms with Crippen LogP contribution in [0.15, 0.2) is 30.0 Å². The maximum absolute atomic E-state index is 6.16. The highest BCUT2D eigenvalue weighted by atomic mass is 35.5. The highest BCUT2D eigenvalue weighted by molar-refractivity contribution is 6.40. The summed E-state index contributed by atoms with van der Waals surface area (Å²) in [6.07, 6.45) is 1.99. The Hall–Kier alpha value is -1.18. The number of halogens is 2. The van der Waals surface area contributed by atoms with Gasteiger partial charge in [-0.3, -0.25) is 0 Å². The molecule has 2 aromatic carbocycles. The molecular weight excluding hydrogens is 243 g/mol. The van der Waals surface area contributed by atoms with E-state index in [1.807, 2.05) is 31.2 Å². The second kappa shape index (κ2) is 3.41. The topological polar surface area (TPSA) is 9.23 Å². The van der Waals surface area contributed by atoms with Crippen LogP contribution in [0.25, 0.3) is 16.8 Å². The molecule has 3 heteroatoms. The summed E-state index contributed by atoms with van der Waals surface area (Å²) in [4.78, 5) is 0. The van der Waals surface area contributed by atoms with E-state index < -0.39 is 0 Å². The van der Waals surface area contributed by atoms with Gasteiger partial charge < -0.3 is 4.74 Å². The molecule has 0 spiro atoms.